The van der Waals surface area contributed by atoms with E-state index in [2.05, 4.69) is 10.3 Å². The topological polar surface area (TPSA) is 86.0 Å². The minimum absolute atomic E-state index is 0.0196. The van der Waals surface area contributed by atoms with Crippen LogP contribution in [0.3, 0.4) is 0 Å². The highest BCUT2D eigenvalue weighted by Crippen LogP contribution is 2.36. The molecule has 0 bridgehead atoms. The zero-order valence-corrected chi connectivity index (χ0v) is 17.3. The third-order valence-electron chi connectivity index (χ3n) is 5.16. The van der Waals surface area contributed by atoms with Crippen molar-refractivity contribution in [3.63, 3.8) is 0 Å². The molecule has 0 amide bonds. The Kier molecular flexibility index (Phi) is 5.90. The molecule has 0 saturated carbocycles. The molecule has 0 aliphatic carbocycles. The summed E-state index contributed by atoms with van der Waals surface area (Å²) in [5.74, 6) is -1.74. The van der Waals surface area contributed by atoms with Crippen LogP contribution in [0.25, 0.3) is 33.3 Å². The van der Waals surface area contributed by atoms with Crippen molar-refractivity contribution < 1.29 is 27.5 Å². The van der Waals surface area contributed by atoms with E-state index >= 15 is 0 Å². The summed E-state index contributed by atoms with van der Waals surface area (Å²) in [7, 11) is 0. The Balaban J connectivity index is 1.82. The van der Waals surface area contributed by atoms with Crippen LogP contribution >= 0.6 is 0 Å². The van der Waals surface area contributed by atoms with Crippen LogP contribution in [0.1, 0.15) is 11.1 Å². The molecule has 0 spiro atoms. The third-order valence-corrected chi connectivity index (χ3v) is 5.16. The van der Waals surface area contributed by atoms with E-state index in [4.69, 9.17) is 5.11 Å². The third kappa shape index (κ3) is 4.52. The molecule has 1 heterocycles. The zero-order valence-electron chi connectivity index (χ0n) is 17.3. The largest absolute Gasteiger partial charge is 0.480 e. The number of pyridine rings is 1. The summed E-state index contributed by atoms with van der Waals surface area (Å²) < 4.78 is 53.0. The molecule has 0 saturated heterocycles. The van der Waals surface area contributed by atoms with E-state index in [1.807, 2.05) is 6.07 Å². The molecule has 5 nitrogen and oxygen atoms in total. The molecule has 9 heteroatoms. The predicted molar refractivity (Wildman–Crippen MR) is 118 cm³/mol. The Hall–Kier alpha value is -4.45. The molecule has 0 aliphatic rings. The van der Waals surface area contributed by atoms with Crippen LogP contribution in [0.15, 0.2) is 66.7 Å². The Labute approximate surface area is 190 Å². The first-order chi connectivity index (χ1) is 16.2. The number of hydrogen-bond acceptors (Lipinski definition) is 4. The second kappa shape index (κ2) is 8.83. The number of aliphatic carboxylic acids is 1. The molecular weight excluding hydrogens is 450 g/mol. The summed E-state index contributed by atoms with van der Waals surface area (Å²) in [6, 6.07) is 17.1. The molecule has 4 rings (SSSR count). The van der Waals surface area contributed by atoms with Crippen molar-refractivity contribution in [2.75, 3.05) is 11.9 Å². The molecule has 170 valence electrons. The highest BCUT2D eigenvalue weighted by Gasteiger charge is 2.30. The number of alkyl halides is 3. The van der Waals surface area contributed by atoms with Gasteiger partial charge in [0.05, 0.1) is 22.5 Å². The van der Waals surface area contributed by atoms with Gasteiger partial charge in [-0.05, 0) is 41.5 Å². The monoisotopic (exact) mass is 465 g/mol. The number of carboxylic acids is 1. The number of benzene rings is 3. The highest BCUT2D eigenvalue weighted by atomic mass is 19.4. The molecule has 0 atom stereocenters. The summed E-state index contributed by atoms with van der Waals surface area (Å²) in [6.07, 6.45) is -4.47. The lowest BCUT2D eigenvalue weighted by atomic mass is 9.98. The average Bonchev–Trinajstić information content (AvgIpc) is 2.81. The van der Waals surface area contributed by atoms with E-state index in [0.29, 0.717) is 22.2 Å². The number of nitrogens with zero attached hydrogens (tertiary/aromatic N) is 2. The second-order valence-electron chi connectivity index (χ2n) is 7.39. The van der Waals surface area contributed by atoms with Crippen molar-refractivity contribution in [1.29, 1.82) is 5.26 Å². The van der Waals surface area contributed by atoms with Crippen molar-refractivity contribution >= 4 is 22.6 Å². The first-order valence-corrected chi connectivity index (χ1v) is 9.94. The quantitative estimate of drug-likeness (QED) is 0.348. The Morgan fingerprint density at radius 1 is 1.00 bits per heavy atom. The average molecular weight is 465 g/mol. The molecular formula is C25H15F4N3O2. The lowest BCUT2D eigenvalue weighted by Crippen LogP contribution is -2.14. The number of halogens is 4. The minimum atomic E-state index is -4.47. The van der Waals surface area contributed by atoms with Crippen molar-refractivity contribution in [2.24, 2.45) is 0 Å². The van der Waals surface area contributed by atoms with Gasteiger partial charge in [0.2, 0.25) is 0 Å². The van der Waals surface area contributed by atoms with Crippen molar-refractivity contribution in [2.45, 2.75) is 6.18 Å². The molecule has 0 fully saturated rings. The fourth-order valence-corrected chi connectivity index (χ4v) is 3.60. The number of hydrogen-bond donors (Lipinski definition) is 2. The zero-order chi connectivity index (χ0) is 24.5. The summed E-state index contributed by atoms with van der Waals surface area (Å²) in [5, 5.41) is 21.8. The van der Waals surface area contributed by atoms with Crippen molar-refractivity contribution in [3.8, 4) is 28.5 Å². The van der Waals surface area contributed by atoms with E-state index in [1.165, 1.54) is 18.2 Å². The molecule has 0 unspecified atom stereocenters. The van der Waals surface area contributed by atoms with Gasteiger partial charge in [-0.3, -0.25) is 4.79 Å². The van der Waals surface area contributed by atoms with Gasteiger partial charge in [0.1, 0.15) is 24.0 Å². The predicted octanol–water partition coefficient (Wildman–Crippen LogP) is 6.09. The maximum atomic E-state index is 13.9. The highest BCUT2D eigenvalue weighted by molar-refractivity contribution is 5.99. The smallest absolute Gasteiger partial charge is 0.416 e. The number of carboxylic acid groups (broad SMARTS) is 1. The fraction of sp³-hybridized carbons (Fsp3) is 0.0800. The lowest BCUT2D eigenvalue weighted by Gasteiger charge is -2.14. The van der Waals surface area contributed by atoms with Gasteiger partial charge in [0, 0.05) is 10.9 Å². The van der Waals surface area contributed by atoms with Crippen LogP contribution in [-0.2, 0) is 11.0 Å². The summed E-state index contributed by atoms with van der Waals surface area (Å²) in [5.41, 5.74) is 1.33. The standard InChI is InChI=1S/C25H15F4N3O2/c26-18-8-9-21-19(11-18)24(31-13-22(33)34)20(12-30)23(32-21)15-6-4-14(5-7-15)16-2-1-3-17(10-16)25(27,28)29/h1-11H,13H2,(H,31,32)(H,33,34). The van der Waals surface area contributed by atoms with Crippen LogP contribution in [0.4, 0.5) is 23.2 Å². The van der Waals surface area contributed by atoms with E-state index < -0.39 is 30.1 Å². The van der Waals surface area contributed by atoms with Gasteiger partial charge in [-0.1, -0.05) is 36.4 Å². The molecule has 0 radical (unpaired) electrons. The van der Waals surface area contributed by atoms with E-state index in [-0.39, 0.29) is 22.3 Å². The maximum Gasteiger partial charge on any atom is 0.416 e. The van der Waals surface area contributed by atoms with Crippen molar-refractivity contribution in [3.05, 3.63) is 83.7 Å². The van der Waals surface area contributed by atoms with Gasteiger partial charge < -0.3 is 10.4 Å². The number of nitriles is 1. The second-order valence-corrected chi connectivity index (χ2v) is 7.39. The number of nitrogens with one attached hydrogen (secondary N) is 1. The summed E-state index contributed by atoms with van der Waals surface area (Å²) in [6.45, 7) is -0.502. The van der Waals surface area contributed by atoms with Crippen LogP contribution in [-0.4, -0.2) is 22.6 Å². The number of carbonyl (C=O) groups is 1. The number of rotatable bonds is 5. The molecule has 4 aromatic rings. The Morgan fingerprint density at radius 2 is 1.71 bits per heavy atom. The lowest BCUT2D eigenvalue weighted by molar-refractivity contribution is -0.137. The maximum absolute atomic E-state index is 13.9. The van der Waals surface area contributed by atoms with E-state index in [1.54, 1.807) is 30.3 Å². The summed E-state index contributed by atoms with van der Waals surface area (Å²) in [4.78, 5) is 15.6. The molecule has 2 N–H and O–H groups in total. The van der Waals surface area contributed by atoms with Gasteiger partial charge in [-0.2, -0.15) is 18.4 Å². The molecule has 1 aromatic heterocycles. The van der Waals surface area contributed by atoms with Gasteiger partial charge in [-0.25, -0.2) is 9.37 Å². The van der Waals surface area contributed by atoms with Crippen LogP contribution in [0, 0.1) is 17.1 Å². The van der Waals surface area contributed by atoms with Crippen LogP contribution in [0.2, 0.25) is 0 Å². The van der Waals surface area contributed by atoms with E-state index in [0.717, 1.165) is 18.2 Å². The number of anilines is 1. The molecule has 34 heavy (non-hydrogen) atoms. The fourth-order valence-electron chi connectivity index (χ4n) is 3.60. The first kappa shape index (κ1) is 22.7. The summed E-state index contributed by atoms with van der Waals surface area (Å²) >= 11 is 0. The molecule has 3 aromatic carbocycles. The number of fused-ring (bicyclic) bond motifs is 1. The Bertz CT molecular complexity index is 1440. The van der Waals surface area contributed by atoms with Gasteiger partial charge in [0.15, 0.2) is 0 Å². The van der Waals surface area contributed by atoms with Gasteiger partial charge in [-0.15, -0.1) is 0 Å². The van der Waals surface area contributed by atoms with Crippen LogP contribution in [0.5, 0.6) is 0 Å². The molecule has 0 aliphatic heterocycles. The van der Waals surface area contributed by atoms with Gasteiger partial charge >= 0.3 is 12.1 Å². The van der Waals surface area contributed by atoms with E-state index in [9.17, 15) is 27.6 Å². The normalized spacial score (nSPS) is 11.3. The van der Waals surface area contributed by atoms with Crippen molar-refractivity contribution in [1.82, 2.24) is 4.98 Å². The SMILES string of the molecule is N#Cc1c(-c2ccc(-c3cccc(C(F)(F)F)c3)cc2)nc2ccc(F)cc2c1NCC(=O)O. The van der Waals surface area contributed by atoms with Gasteiger partial charge in [0.25, 0.3) is 0 Å². The Morgan fingerprint density at radius 3 is 2.35 bits per heavy atom. The van der Waals surface area contributed by atoms with Crippen LogP contribution < -0.4 is 5.32 Å². The first-order valence-electron chi connectivity index (χ1n) is 9.94. The minimum Gasteiger partial charge on any atom is -0.480 e. The number of aromatic nitrogens is 1.